The average molecular weight is 321 g/mol. The molecule has 0 spiro atoms. The lowest BCUT2D eigenvalue weighted by Gasteiger charge is -2.30. The highest BCUT2D eigenvalue weighted by atomic mass is 32.1. The minimum atomic E-state index is -0.782. The molecule has 0 unspecified atom stereocenters. The lowest BCUT2D eigenvalue weighted by molar-refractivity contribution is -0.143. The Labute approximate surface area is 135 Å². The molecule has 120 valence electrons. The zero-order chi connectivity index (χ0) is 15.5. The summed E-state index contributed by atoms with van der Waals surface area (Å²) in [7, 11) is 0. The van der Waals surface area contributed by atoms with Gasteiger partial charge in [-0.15, -0.1) is 11.3 Å². The smallest absolute Gasteiger partial charge is 0.308 e. The van der Waals surface area contributed by atoms with Crippen molar-refractivity contribution in [3.63, 3.8) is 0 Å². The van der Waals surface area contributed by atoms with Gasteiger partial charge in [0, 0.05) is 18.0 Å². The van der Waals surface area contributed by atoms with Gasteiger partial charge in [-0.3, -0.25) is 9.59 Å². The third-order valence-corrected chi connectivity index (χ3v) is 5.99. The van der Waals surface area contributed by atoms with Crippen LogP contribution in [0, 0.1) is 5.92 Å². The topological polar surface area (TPSA) is 57.6 Å². The number of nitrogens with zero attached hydrogens (tertiary/aromatic N) is 1. The molecule has 1 aliphatic heterocycles. The van der Waals surface area contributed by atoms with Crippen molar-refractivity contribution in [2.45, 2.75) is 51.4 Å². The highest BCUT2D eigenvalue weighted by molar-refractivity contribution is 7.14. The Morgan fingerprint density at radius 3 is 2.68 bits per heavy atom. The lowest BCUT2D eigenvalue weighted by atomic mass is 9.98. The number of likely N-dealkylation sites (tertiary alicyclic amines) is 1. The average Bonchev–Trinajstić information content (AvgIpc) is 2.89. The highest BCUT2D eigenvalue weighted by Crippen LogP contribution is 2.30. The summed E-state index contributed by atoms with van der Waals surface area (Å²) in [6.45, 7) is 1.04. The Kier molecular flexibility index (Phi) is 4.81. The summed E-state index contributed by atoms with van der Waals surface area (Å²) in [5.74, 6) is -1.16. The number of carbonyl (C=O) groups is 2. The van der Waals surface area contributed by atoms with E-state index in [1.807, 2.05) is 0 Å². The quantitative estimate of drug-likeness (QED) is 0.909. The van der Waals surface area contributed by atoms with E-state index in [-0.39, 0.29) is 5.91 Å². The van der Waals surface area contributed by atoms with E-state index in [2.05, 4.69) is 6.07 Å². The van der Waals surface area contributed by atoms with Crippen molar-refractivity contribution in [3.05, 3.63) is 21.4 Å². The molecule has 1 N–H and O–H groups in total. The van der Waals surface area contributed by atoms with Gasteiger partial charge in [0.1, 0.15) is 0 Å². The summed E-state index contributed by atoms with van der Waals surface area (Å²) in [5, 5.41) is 9.17. The maximum Gasteiger partial charge on any atom is 0.308 e. The van der Waals surface area contributed by atoms with Crippen molar-refractivity contribution in [2.24, 2.45) is 5.92 Å². The number of aliphatic carboxylic acids is 1. The number of hydrogen-bond donors (Lipinski definition) is 1. The van der Waals surface area contributed by atoms with Crippen molar-refractivity contribution in [1.29, 1.82) is 0 Å². The molecule has 0 aromatic carbocycles. The van der Waals surface area contributed by atoms with E-state index in [4.69, 9.17) is 5.11 Å². The molecule has 22 heavy (non-hydrogen) atoms. The summed E-state index contributed by atoms with van der Waals surface area (Å²) in [6.07, 6.45) is 8.63. The fourth-order valence-electron chi connectivity index (χ4n) is 3.47. The van der Waals surface area contributed by atoms with E-state index < -0.39 is 11.9 Å². The normalized spacial score (nSPS) is 22.5. The minimum Gasteiger partial charge on any atom is -0.481 e. The van der Waals surface area contributed by atoms with E-state index in [0.29, 0.717) is 19.5 Å². The summed E-state index contributed by atoms with van der Waals surface area (Å²) >= 11 is 1.63. The molecule has 1 aromatic rings. The van der Waals surface area contributed by atoms with Gasteiger partial charge in [0.15, 0.2) is 0 Å². The molecule has 4 nitrogen and oxygen atoms in total. The van der Waals surface area contributed by atoms with Gasteiger partial charge in [-0.2, -0.15) is 0 Å². The summed E-state index contributed by atoms with van der Waals surface area (Å²) in [5.41, 5.74) is 1.35. The predicted molar refractivity (Wildman–Crippen MR) is 86.5 cm³/mol. The van der Waals surface area contributed by atoms with Crippen molar-refractivity contribution < 1.29 is 14.7 Å². The van der Waals surface area contributed by atoms with Crippen LogP contribution in [0.5, 0.6) is 0 Å². The second kappa shape index (κ2) is 6.82. The van der Waals surface area contributed by atoms with E-state index in [9.17, 15) is 9.59 Å². The second-order valence-electron chi connectivity index (χ2n) is 6.40. The molecule has 5 heteroatoms. The van der Waals surface area contributed by atoms with Crippen molar-refractivity contribution in [2.75, 3.05) is 13.1 Å². The lowest BCUT2D eigenvalue weighted by Crippen LogP contribution is -2.42. The standard InChI is InChI=1S/C17H23NO3S/c19-16(18-9-5-7-13(11-18)17(20)21)15-10-12-6-3-1-2-4-8-14(12)22-15/h10,13H,1-9,11H2,(H,20,21)/t13-/m0/s1. The van der Waals surface area contributed by atoms with Crippen LogP contribution >= 0.6 is 11.3 Å². The second-order valence-corrected chi connectivity index (χ2v) is 7.54. The number of piperidine rings is 1. The number of fused-ring (bicyclic) bond motifs is 1. The van der Waals surface area contributed by atoms with Crippen LogP contribution in [0.25, 0.3) is 0 Å². The molecule has 2 heterocycles. The number of hydrogen-bond acceptors (Lipinski definition) is 3. The molecule has 1 amide bonds. The van der Waals surface area contributed by atoms with Gasteiger partial charge in [0.05, 0.1) is 10.8 Å². The minimum absolute atomic E-state index is 0.0303. The predicted octanol–water partition coefficient (Wildman–Crippen LogP) is 3.34. The van der Waals surface area contributed by atoms with Gasteiger partial charge in [0.25, 0.3) is 5.91 Å². The fourth-order valence-corrected chi connectivity index (χ4v) is 4.69. The van der Waals surface area contributed by atoms with Gasteiger partial charge >= 0.3 is 5.97 Å². The van der Waals surface area contributed by atoms with Crippen molar-refractivity contribution in [3.8, 4) is 0 Å². The molecular weight excluding hydrogens is 298 g/mol. The maximum atomic E-state index is 12.7. The first-order valence-corrected chi connectivity index (χ1v) is 9.10. The van der Waals surface area contributed by atoms with E-state index in [1.165, 1.54) is 36.1 Å². The van der Waals surface area contributed by atoms with Crippen molar-refractivity contribution >= 4 is 23.2 Å². The molecule has 3 rings (SSSR count). The first kappa shape index (κ1) is 15.5. The van der Waals surface area contributed by atoms with E-state index in [0.717, 1.165) is 24.1 Å². The molecule has 1 atom stereocenters. The molecule has 1 aromatic heterocycles. The molecule has 2 aliphatic rings. The zero-order valence-electron chi connectivity index (χ0n) is 12.8. The third kappa shape index (κ3) is 3.35. The van der Waals surface area contributed by atoms with E-state index >= 15 is 0 Å². The number of aryl methyl sites for hydroxylation is 2. The molecule has 1 fully saturated rings. The summed E-state index contributed by atoms with van der Waals surface area (Å²) < 4.78 is 0. The number of thiophene rings is 1. The number of carboxylic acid groups (broad SMARTS) is 1. The Balaban J connectivity index is 1.74. The first-order chi connectivity index (χ1) is 10.6. The number of carboxylic acids is 1. The first-order valence-electron chi connectivity index (χ1n) is 8.29. The monoisotopic (exact) mass is 321 g/mol. The summed E-state index contributed by atoms with van der Waals surface area (Å²) in [4.78, 5) is 27.8. The van der Waals surface area contributed by atoms with Crippen LogP contribution in [0.2, 0.25) is 0 Å². The largest absolute Gasteiger partial charge is 0.481 e. The maximum absolute atomic E-state index is 12.7. The van der Waals surface area contributed by atoms with Gasteiger partial charge in [-0.1, -0.05) is 12.8 Å². The van der Waals surface area contributed by atoms with E-state index in [1.54, 1.807) is 16.2 Å². The Bertz CT molecular complexity index is 541. The third-order valence-electron chi connectivity index (χ3n) is 4.77. The van der Waals surface area contributed by atoms with Crippen LogP contribution in [0.4, 0.5) is 0 Å². The molecule has 0 radical (unpaired) electrons. The van der Waals surface area contributed by atoms with Gasteiger partial charge in [-0.05, 0) is 50.2 Å². The fraction of sp³-hybridized carbons (Fsp3) is 0.647. The number of rotatable bonds is 2. The van der Waals surface area contributed by atoms with Crippen LogP contribution < -0.4 is 0 Å². The molecular formula is C17H23NO3S. The summed E-state index contributed by atoms with van der Waals surface area (Å²) in [6, 6.07) is 2.07. The molecule has 0 bridgehead atoms. The van der Waals surface area contributed by atoms with Crippen LogP contribution in [-0.2, 0) is 17.6 Å². The molecule has 0 saturated carbocycles. The van der Waals surface area contributed by atoms with Gasteiger partial charge < -0.3 is 10.0 Å². The number of amides is 1. The SMILES string of the molecule is O=C(O)[C@H]1CCCN(C(=O)c2cc3c(s2)CCCCCC3)C1. The van der Waals surface area contributed by atoms with Crippen LogP contribution in [0.3, 0.4) is 0 Å². The molecule has 1 saturated heterocycles. The van der Waals surface area contributed by atoms with Crippen molar-refractivity contribution in [1.82, 2.24) is 4.90 Å². The van der Waals surface area contributed by atoms with Crippen LogP contribution in [0.1, 0.15) is 58.6 Å². The Hall–Kier alpha value is -1.36. The molecule has 1 aliphatic carbocycles. The Morgan fingerprint density at radius 1 is 1.14 bits per heavy atom. The van der Waals surface area contributed by atoms with Crippen LogP contribution in [0.15, 0.2) is 6.07 Å². The Morgan fingerprint density at radius 2 is 1.91 bits per heavy atom. The van der Waals surface area contributed by atoms with Gasteiger partial charge in [-0.25, -0.2) is 0 Å². The number of carbonyl (C=O) groups excluding carboxylic acids is 1. The zero-order valence-corrected chi connectivity index (χ0v) is 13.7. The van der Waals surface area contributed by atoms with Crippen LogP contribution in [-0.4, -0.2) is 35.0 Å². The highest BCUT2D eigenvalue weighted by Gasteiger charge is 2.29. The van der Waals surface area contributed by atoms with Gasteiger partial charge in [0.2, 0.25) is 0 Å².